The van der Waals surface area contributed by atoms with Gasteiger partial charge in [-0.3, -0.25) is 9.48 Å². The molecule has 0 aliphatic carbocycles. The van der Waals surface area contributed by atoms with Crippen molar-refractivity contribution in [2.45, 2.75) is 12.8 Å². The summed E-state index contributed by atoms with van der Waals surface area (Å²) in [4.78, 5) is 16.4. The fourth-order valence-corrected chi connectivity index (χ4v) is 4.22. The van der Waals surface area contributed by atoms with E-state index in [0.717, 1.165) is 11.1 Å². The molecule has 9 heteroatoms. The third-order valence-electron chi connectivity index (χ3n) is 3.08. The van der Waals surface area contributed by atoms with Crippen LogP contribution in [0.2, 0.25) is 8.67 Å². The van der Waals surface area contributed by atoms with Crippen molar-refractivity contribution in [3.63, 3.8) is 0 Å². The summed E-state index contributed by atoms with van der Waals surface area (Å²) >= 11 is 14.7. The Morgan fingerprint density at radius 1 is 1.43 bits per heavy atom. The Morgan fingerprint density at radius 2 is 2.26 bits per heavy atom. The van der Waals surface area contributed by atoms with Gasteiger partial charge < -0.3 is 5.32 Å². The smallest absolute Gasteiger partial charge is 0.226 e. The van der Waals surface area contributed by atoms with E-state index < -0.39 is 0 Å². The van der Waals surface area contributed by atoms with E-state index in [4.69, 9.17) is 23.2 Å². The number of nitrogens with one attached hydrogen (secondary N) is 1. The summed E-state index contributed by atoms with van der Waals surface area (Å²) in [5.41, 5.74) is 2.53. The Labute approximate surface area is 150 Å². The van der Waals surface area contributed by atoms with Crippen LogP contribution in [-0.2, 0) is 18.3 Å². The number of thiophene rings is 1. The van der Waals surface area contributed by atoms with Gasteiger partial charge in [0.15, 0.2) is 5.13 Å². The van der Waals surface area contributed by atoms with Crippen molar-refractivity contribution in [2.75, 3.05) is 5.32 Å². The zero-order valence-corrected chi connectivity index (χ0v) is 15.2. The quantitative estimate of drug-likeness (QED) is 0.702. The van der Waals surface area contributed by atoms with Crippen LogP contribution in [0.5, 0.6) is 0 Å². The highest BCUT2D eigenvalue weighted by Crippen LogP contribution is 2.38. The van der Waals surface area contributed by atoms with E-state index in [1.807, 2.05) is 18.6 Å². The third kappa shape index (κ3) is 4.11. The number of hydrogen-bond acceptors (Lipinski definition) is 5. The maximum absolute atomic E-state index is 12.0. The number of thiazole rings is 1. The number of nitrogens with zero attached hydrogens (tertiary/aromatic N) is 3. The second-order valence-electron chi connectivity index (χ2n) is 4.85. The Bertz CT molecular complexity index is 840. The lowest BCUT2D eigenvalue weighted by Gasteiger charge is -2.00. The summed E-state index contributed by atoms with van der Waals surface area (Å²) in [6.45, 7) is 0. The number of hydrogen-bond donors (Lipinski definition) is 1. The highest BCUT2D eigenvalue weighted by atomic mass is 35.5. The van der Waals surface area contributed by atoms with Gasteiger partial charge in [0.1, 0.15) is 4.34 Å². The second kappa shape index (κ2) is 7.00. The van der Waals surface area contributed by atoms with Gasteiger partial charge in [0, 0.05) is 30.6 Å². The van der Waals surface area contributed by atoms with Gasteiger partial charge in [0.05, 0.1) is 16.2 Å². The zero-order valence-electron chi connectivity index (χ0n) is 12.0. The number of carbonyl (C=O) groups is 1. The van der Waals surface area contributed by atoms with E-state index in [2.05, 4.69) is 15.4 Å². The number of halogens is 2. The molecule has 0 aliphatic rings. The molecule has 1 N–H and O–H groups in total. The molecule has 23 heavy (non-hydrogen) atoms. The molecule has 0 fully saturated rings. The molecule has 0 unspecified atom stereocenters. The molecule has 3 heterocycles. The van der Waals surface area contributed by atoms with Crippen LogP contribution >= 0.6 is 45.9 Å². The highest BCUT2D eigenvalue weighted by Gasteiger charge is 2.13. The predicted octanol–water partition coefficient (Wildman–Crippen LogP) is 4.48. The summed E-state index contributed by atoms with van der Waals surface area (Å²) < 4.78 is 2.92. The lowest BCUT2D eigenvalue weighted by Crippen LogP contribution is -2.11. The summed E-state index contributed by atoms with van der Waals surface area (Å²) in [6, 6.07) is 1.78. The first-order valence-corrected chi connectivity index (χ1v) is 9.14. The Hall–Kier alpha value is -1.41. The monoisotopic (exact) mass is 386 g/mol. The molecular formula is C14H12Cl2N4OS2. The van der Waals surface area contributed by atoms with Crippen LogP contribution in [0.4, 0.5) is 5.13 Å². The topological polar surface area (TPSA) is 59.8 Å². The van der Waals surface area contributed by atoms with E-state index >= 15 is 0 Å². The molecule has 5 nitrogen and oxygen atoms in total. The first-order valence-electron chi connectivity index (χ1n) is 6.69. The molecule has 120 valence electrons. The predicted molar refractivity (Wildman–Crippen MR) is 95.6 cm³/mol. The van der Waals surface area contributed by atoms with Gasteiger partial charge in [-0.2, -0.15) is 5.10 Å². The number of carbonyl (C=O) groups excluding carboxylic acids is 1. The van der Waals surface area contributed by atoms with Crippen molar-refractivity contribution < 1.29 is 4.79 Å². The molecule has 3 rings (SSSR count). The number of anilines is 1. The van der Waals surface area contributed by atoms with E-state index in [1.54, 1.807) is 16.9 Å². The molecule has 0 bridgehead atoms. The highest BCUT2D eigenvalue weighted by molar-refractivity contribution is 7.20. The van der Waals surface area contributed by atoms with E-state index in [-0.39, 0.29) is 5.91 Å². The normalized spacial score (nSPS) is 10.9. The van der Waals surface area contributed by atoms with Crippen LogP contribution in [0.15, 0.2) is 23.8 Å². The molecule has 3 aromatic rings. The van der Waals surface area contributed by atoms with Crippen molar-refractivity contribution in [2.24, 2.45) is 7.05 Å². The molecule has 0 saturated heterocycles. The van der Waals surface area contributed by atoms with Crippen LogP contribution in [0, 0.1) is 0 Å². The van der Waals surface area contributed by atoms with E-state index in [0.29, 0.717) is 32.3 Å². The van der Waals surface area contributed by atoms with Gasteiger partial charge in [0.25, 0.3) is 0 Å². The van der Waals surface area contributed by atoms with Gasteiger partial charge in [-0.15, -0.1) is 22.7 Å². The number of rotatable bonds is 5. The molecule has 0 radical (unpaired) electrons. The van der Waals surface area contributed by atoms with Crippen molar-refractivity contribution in [1.29, 1.82) is 0 Å². The van der Waals surface area contributed by atoms with Crippen LogP contribution in [-0.4, -0.2) is 20.7 Å². The van der Waals surface area contributed by atoms with Gasteiger partial charge in [-0.05, 0) is 18.1 Å². The standard InChI is InChI=1S/C14H12Cl2N4OS2/c1-20-6-8(5-17-20)2-3-12(21)19-14-18-10(7-22-14)9-4-11(15)23-13(9)16/h4-7H,2-3H2,1H3,(H,18,19,21). The largest absolute Gasteiger partial charge is 0.302 e. The van der Waals surface area contributed by atoms with Gasteiger partial charge in [-0.1, -0.05) is 23.2 Å². The minimum absolute atomic E-state index is 0.0794. The summed E-state index contributed by atoms with van der Waals surface area (Å²) in [5, 5.41) is 9.28. The lowest BCUT2D eigenvalue weighted by atomic mass is 10.2. The average molecular weight is 387 g/mol. The Balaban J connectivity index is 1.60. The van der Waals surface area contributed by atoms with Gasteiger partial charge in [-0.25, -0.2) is 4.98 Å². The summed E-state index contributed by atoms with van der Waals surface area (Å²) in [5.74, 6) is -0.0794. The maximum atomic E-state index is 12.0. The molecule has 3 aromatic heterocycles. The molecule has 1 amide bonds. The lowest BCUT2D eigenvalue weighted by molar-refractivity contribution is -0.116. The Kier molecular flexibility index (Phi) is 5.01. The fraction of sp³-hybridized carbons (Fsp3) is 0.214. The molecule has 0 atom stereocenters. The van der Waals surface area contributed by atoms with Crippen LogP contribution < -0.4 is 5.32 Å². The maximum Gasteiger partial charge on any atom is 0.226 e. The van der Waals surface area contributed by atoms with Crippen molar-refractivity contribution in [3.05, 3.63) is 38.1 Å². The first-order chi connectivity index (χ1) is 11.0. The number of amides is 1. The Morgan fingerprint density at radius 3 is 2.91 bits per heavy atom. The van der Waals surface area contributed by atoms with Crippen LogP contribution in [0.3, 0.4) is 0 Å². The molecule has 0 spiro atoms. The summed E-state index contributed by atoms with van der Waals surface area (Å²) in [6.07, 6.45) is 4.68. The average Bonchev–Trinajstić information content (AvgIpc) is 3.18. The molecular weight excluding hydrogens is 375 g/mol. The van der Waals surface area contributed by atoms with Crippen LogP contribution in [0.25, 0.3) is 11.3 Å². The third-order valence-corrected chi connectivity index (χ3v) is 5.33. The number of aromatic nitrogens is 3. The van der Waals surface area contributed by atoms with Crippen molar-refractivity contribution in [3.8, 4) is 11.3 Å². The molecule has 0 aromatic carbocycles. The minimum Gasteiger partial charge on any atom is -0.302 e. The SMILES string of the molecule is Cn1cc(CCC(=O)Nc2nc(-c3cc(Cl)sc3Cl)cs2)cn1. The molecule has 0 saturated carbocycles. The summed E-state index contributed by atoms with van der Waals surface area (Å²) in [7, 11) is 1.85. The molecule has 0 aliphatic heterocycles. The van der Waals surface area contributed by atoms with Crippen molar-refractivity contribution in [1.82, 2.24) is 14.8 Å². The second-order valence-corrected chi connectivity index (χ2v) is 7.99. The van der Waals surface area contributed by atoms with E-state index in [9.17, 15) is 4.79 Å². The first kappa shape index (κ1) is 16.4. The van der Waals surface area contributed by atoms with Crippen molar-refractivity contribution >= 4 is 56.9 Å². The zero-order chi connectivity index (χ0) is 16.4. The van der Waals surface area contributed by atoms with Gasteiger partial charge >= 0.3 is 0 Å². The fourth-order valence-electron chi connectivity index (χ4n) is 2.01. The van der Waals surface area contributed by atoms with E-state index in [1.165, 1.54) is 22.7 Å². The van der Waals surface area contributed by atoms with Crippen LogP contribution in [0.1, 0.15) is 12.0 Å². The minimum atomic E-state index is -0.0794. The van der Waals surface area contributed by atoms with Gasteiger partial charge in [0.2, 0.25) is 5.91 Å². The number of aryl methyl sites for hydroxylation is 2.